The van der Waals surface area contributed by atoms with E-state index in [9.17, 15) is 13.9 Å². The topological polar surface area (TPSA) is 32.3 Å². The molecule has 1 aliphatic rings. The highest BCUT2D eigenvalue weighted by atomic mass is 19.1. The van der Waals surface area contributed by atoms with E-state index in [2.05, 4.69) is 17.5 Å². The number of nitrogens with one attached hydrogen (secondary N) is 1. The highest BCUT2D eigenvalue weighted by Gasteiger charge is 2.14. The third-order valence-corrected chi connectivity index (χ3v) is 3.47. The molecular formula is C15H19F2NO. The lowest BCUT2D eigenvalue weighted by Crippen LogP contribution is -2.28. The summed E-state index contributed by atoms with van der Waals surface area (Å²) in [6, 6.07) is 3.25. The van der Waals surface area contributed by atoms with Gasteiger partial charge in [-0.3, -0.25) is 0 Å². The molecule has 0 amide bonds. The molecule has 0 saturated heterocycles. The molecule has 2 atom stereocenters. The number of aliphatic hydroxyl groups excluding tert-OH is 1. The van der Waals surface area contributed by atoms with Gasteiger partial charge < -0.3 is 10.4 Å². The summed E-state index contributed by atoms with van der Waals surface area (Å²) in [6.45, 7) is 1.09. The number of hydrogen-bond donors (Lipinski definition) is 2. The summed E-state index contributed by atoms with van der Waals surface area (Å²) in [6.07, 6.45) is 6.70. The third-order valence-electron chi connectivity index (χ3n) is 3.47. The van der Waals surface area contributed by atoms with E-state index in [1.165, 1.54) is 6.07 Å². The summed E-state index contributed by atoms with van der Waals surface area (Å²) in [5, 5.41) is 13.0. The molecule has 0 unspecified atom stereocenters. The van der Waals surface area contributed by atoms with E-state index in [-0.39, 0.29) is 12.1 Å². The maximum atomic E-state index is 13.4. The first-order chi connectivity index (χ1) is 9.16. The van der Waals surface area contributed by atoms with Crippen molar-refractivity contribution in [2.45, 2.75) is 25.4 Å². The number of allylic oxidation sites excluding steroid dienone is 2. The van der Waals surface area contributed by atoms with Crippen molar-refractivity contribution in [2.24, 2.45) is 5.92 Å². The Labute approximate surface area is 112 Å². The fourth-order valence-electron chi connectivity index (χ4n) is 2.35. The van der Waals surface area contributed by atoms with Crippen molar-refractivity contribution < 1.29 is 13.9 Å². The van der Waals surface area contributed by atoms with Gasteiger partial charge in [0.15, 0.2) is 0 Å². The molecule has 0 aromatic heterocycles. The molecule has 0 heterocycles. The van der Waals surface area contributed by atoms with Gasteiger partial charge in [0.25, 0.3) is 0 Å². The first kappa shape index (κ1) is 14.2. The molecule has 0 fully saturated rings. The Balaban J connectivity index is 1.80. The van der Waals surface area contributed by atoms with Crippen molar-refractivity contribution >= 4 is 0 Å². The molecule has 104 valence electrons. The van der Waals surface area contributed by atoms with E-state index >= 15 is 0 Å². The van der Waals surface area contributed by atoms with Gasteiger partial charge in [-0.2, -0.15) is 0 Å². The second-order valence-electron chi connectivity index (χ2n) is 4.99. The predicted molar refractivity (Wildman–Crippen MR) is 70.7 cm³/mol. The van der Waals surface area contributed by atoms with Crippen LogP contribution in [-0.2, 0) is 0 Å². The lowest BCUT2D eigenvalue weighted by atomic mass is 9.94. The molecule has 2 N–H and O–H groups in total. The van der Waals surface area contributed by atoms with Crippen molar-refractivity contribution in [1.82, 2.24) is 5.32 Å². The largest absolute Gasteiger partial charge is 0.387 e. The van der Waals surface area contributed by atoms with Gasteiger partial charge in [-0.05, 0) is 37.8 Å². The number of hydrogen-bond acceptors (Lipinski definition) is 2. The average molecular weight is 267 g/mol. The summed E-state index contributed by atoms with van der Waals surface area (Å²) < 4.78 is 26.2. The first-order valence-electron chi connectivity index (χ1n) is 6.65. The van der Waals surface area contributed by atoms with Crippen LogP contribution in [0.4, 0.5) is 8.78 Å². The highest BCUT2D eigenvalue weighted by Crippen LogP contribution is 2.19. The SMILES string of the molecule is O[C@H](CNC[C@@H]1CC=CCC1)c1ccc(F)cc1F. The molecule has 4 heteroatoms. The van der Waals surface area contributed by atoms with Crippen LogP contribution in [0.25, 0.3) is 0 Å². The van der Waals surface area contributed by atoms with Crippen molar-refractivity contribution in [3.63, 3.8) is 0 Å². The number of halogens is 2. The van der Waals surface area contributed by atoms with Crippen LogP contribution >= 0.6 is 0 Å². The van der Waals surface area contributed by atoms with Gasteiger partial charge in [0, 0.05) is 18.2 Å². The monoisotopic (exact) mass is 267 g/mol. The lowest BCUT2D eigenvalue weighted by Gasteiger charge is -2.19. The number of aliphatic hydroxyl groups is 1. The molecule has 19 heavy (non-hydrogen) atoms. The van der Waals surface area contributed by atoms with Gasteiger partial charge in [0.05, 0.1) is 6.10 Å². The van der Waals surface area contributed by atoms with Crippen molar-refractivity contribution in [1.29, 1.82) is 0 Å². The van der Waals surface area contributed by atoms with Crippen LogP contribution in [0.5, 0.6) is 0 Å². The van der Waals surface area contributed by atoms with Gasteiger partial charge in [0.2, 0.25) is 0 Å². The Morgan fingerprint density at radius 3 is 2.84 bits per heavy atom. The van der Waals surface area contributed by atoms with Crippen LogP contribution in [-0.4, -0.2) is 18.2 Å². The maximum Gasteiger partial charge on any atom is 0.131 e. The normalized spacial score (nSPS) is 20.5. The molecule has 0 radical (unpaired) electrons. The molecule has 0 aliphatic heterocycles. The van der Waals surface area contributed by atoms with Gasteiger partial charge in [-0.1, -0.05) is 18.2 Å². The van der Waals surface area contributed by atoms with E-state index in [0.29, 0.717) is 5.92 Å². The zero-order valence-corrected chi connectivity index (χ0v) is 10.8. The maximum absolute atomic E-state index is 13.4. The van der Waals surface area contributed by atoms with E-state index < -0.39 is 17.7 Å². The van der Waals surface area contributed by atoms with Crippen molar-refractivity contribution in [3.05, 3.63) is 47.5 Å². The Kier molecular flexibility index (Phi) is 5.05. The van der Waals surface area contributed by atoms with Crippen molar-refractivity contribution in [2.75, 3.05) is 13.1 Å². The highest BCUT2D eigenvalue weighted by molar-refractivity contribution is 5.21. The fourth-order valence-corrected chi connectivity index (χ4v) is 2.35. The molecule has 1 aliphatic carbocycles. The standard InChI is InChI=1S/C15H19F2NO/c16-12-6-7-13(14(17)8-12)15(19)10-18-9-11-4-2-1-3-5-11/h1-2,6-8,11,15,18-19H,3-5,9-10H2/t11-,15-/m1/s1. The van der Waals surface area contributed by atoms with Crippen LogP contribution < -0.4 is 5.32 Å². The minimum atomic E-state index is -0.945. The average Bonchev–Trinajstić information content (AvgIpc) is 2.39. The van der Waals surface area contributed by atoms with Crippen LogP contribution in [0.2, 0.25) is 0 Å². The molecule has 1 aromatic rings. The smallest absolute Gasteiger partial charge is 0.131 e. The van der Waals surface area contributed by atoms with Crippen LogP contribution in [0, 0.1) is 17.6 Å². The first-order valence-corrected chi connectivity index (χ1v) is 6.65. The van der Waals surface area contributed by atoms with E-state index in [4.69, 9.17) is 0 Å². The van der Waals surface area contributed by atoms with Gasteiger partial charge in [-0.15, -0.1) is 0 Å². The second kappa shape index (κ2) is 6.78. The summed E-state index contributed by atoms with van der Waals surface area (Å²) >= 11 is 0. The minimum Gasteiger partial charge on any atom is -0.387 e. The zero-order chi connectivity index (χ0) is 13.7. The zero-order valence-electron chi connectivity index (χ0n) is 10.8. The minimum absolute atomic E-state index is 0.137. The van der Waals surface area contributed by atoms with E-state index in [0.717, 1.165) is 37.9 Å². The van der Waals surface area contributed by atoms with Gasteiger partial charge >= 0.3 is 0 Å². The Hall–Kier alpha value is -1.26. The molecule has 2 nitrogen and oxygen atoms in total. The lowest BCUT2D eigenvalue weighted by molar-refractivity contribution is 0.167. The molecule has 0 spiro atoms. The number of benzene rings is 1. The summed E-state index contributed by atoms with van der Waals surface area (Å²) in [7, 11) is 0. The fraction of sp³-hybridized carbons (Fsp3) is 0.467. The molecule has 0 saturated carbocycles. The summed E-state index contributed by atoms with van der Waals surface area (Å²) in [4.78, 5) is 0. The van der Waals surface area contributed by atoms with E-state index in [1.54, 1.807) is 0 Å². The predicted octanol–water partition coefficient (Wildman–Crippen LogP) is 2.94. The molecular weight excluding hydrogens is 248 g/mol. The second-order valence-corrected chi connectivity index (χ2v) is 4.99. The van der Waals surface area contributed by atoms with Crippen LogP contribution in [0.1, 0.15) is 30.9 Å². The summed E-state index contributed by atoms with van der Waals surface area (Å²) in [5.74, 6) is -0.749. The number of rotatable bonds is 5. The van der Waals surface area contributed by atoms with Gasteiger partial charge in [0.1, 0.15) is 11.6 Å². The van der Waals surface area contributed by atoms with Crippen LogP contribution in [0.15, 0.2) is 30.4 Å². The molecule has 0 bridgehead atoms. The summed E-state index contributed by atoms with van der Waals surface area (Å²) in [5.41, 5.74) is 0.137. The van der Waals surface area contributed by atoms with Crippen molar-refractivity contribution in [3.8, 4) is 0 Å². The molecule has 1 aromatic carbocycles. The Morgan fingerprint density at radius 1 is 1.32 bits per heavy atom. The Morgan fingerprint density at radius 2 is 2.16 bits per heavy atom. The molecule has 2 rings (SSSR count). The third kappa shape index (κ3) is 4.11. The Bertz CT molecular complexity index is 448. The van der Waals surface area contributed by atoms with Gasteiger partial charge in [-0.25, -0.2) is 8.78 Å². The van der Waals surface area contributed by atoms with Crippen LogP contribution in [0.3, 0.4) is 0 Å². The van der Waals surface area contributed by atoms with E-state index in [1.807, 2.05) is 0 Å². The quantitative estimate of drug-likeness (QED) is 0.804.